The van der Waals surface area contributed by atoms with E-state index >= 15 is 0 Å². The number of halogens is 1. The number of nitrogens with zero attached hydrogens (tertiary/aromatic N) is 3. The molecule has 0 saturated carbocycles. The molecule has 1 aromatic rings. The number of methoxy groups -OCH3 is 1. The van der Waals surface area contributed by atoms with E-state index in [2.05, 4.69) is 27.8 Å². The van der Waals surface area contributed by atoms with E-state index in [1.807, 2.05) is 19.9 Å². The van der Waals surface area contributed by atoms with Gasteiger partial charge in [0.15, 0.2) is 5.96 Å². The molecule has 2 amide bonds. The minimum absolute atomic E-state index is 0. The molecule has 1 aliphatic heterocycles. The predicted octanol–water partition coefficient (Wildman–Crippen LogP) is 2.41. The Morgan fingerprint density at radius 2 is 1.94 bits per heavy atom. The Balaban J connectivity index is 0.00000544. The van der Waals surface area contributed by atoms with Crippen molar-refractivity contribution in [3.05, 3.63) is 29.3 Å². The number of likely N-dealkylation sites (tertiary alicyclic amines) is 1. The molecule has 0 aromatic heterocycles. The van der Waals surface area contributed by atoms with Crippen LogP contribution in [-0.2, 0) is 16.0 Å². The van der Waals surface area contributed by atoms with Crippen LogP contribution >= 0.6 is 24.0 Å². The van der Waals surface area contributed by atoms with Crippen molar-refractivity contribution in [2.24, 2.45) is 4.99 Å². The second kappa shape index (κ2) is 14.8. The predicted molar refractivity (Wildman–Crippen MR) is 141 cm³/mol. The van der Waals surface area contributed by atoms with Gasteiger partial charge in [-0.15, -0.1) is 24.0 Å². The van der Waals surface area contributed by atoms with Crippen LogP contribution in [0.1, 0.15) is 30.9 Å². The number of hydrogen-bond donors (Lipinski definition) is 2. The minimum atomic E-state index is -0.261. The summed E-state index contributed by atoms with van der Waals surface area (Å²) < 4.78 is 10.5. The number of nitrogens with one attached hydrogen (secondary N) is 2. The van der Waals surface area contributed by atoms with E-state index in [-0.39, 0.29) is 48.6 Å². The van der Waals surface area contributed by atoms with Gasteiger partial charge >= 0.3 is 6.09 Å². The van der Waals surface area contributed by atoms with Crippen molar-refractivity contribution < 1.29 is 19.1 Å². The van der Waals surface area contributed by atoms with Gasteiger partial charge in [0, 0.05) is 39.8 Å². The Bertz CT molecular complexity index is 795. The monoisotopic (exact) mass is 575 g/mol. The molecule has 186 valence electrons. The van der Waals surface area contributed by atoms with Gasteiger partial charge in [-0.25, -0.2) is 9.79 Å². The first-order valence-corrected chi connectivity index (χ1v) is 11.1. The highest BCUT2D eigenvalue weighted by Gasteiger charge is 2.24. The van der Waals surface area contributed by atoms with Gasteiger partial charge in [0.1, 0.15) is 12.3 Å². The van der Waals surface area contributed by atoms with Crippen LogP contribution in [0.5, 0.6) is 5.75 Å². The summed E-state index contributed by atoms with van der Waals surface area (Å²) in [5, 5.41) is 6.76. The summed E-state index contributed by atoms with van der Waals surface area (Å²) in [5.41, 5.74) is 2.26. The molecule has 0 bridgehead atoms. The van der Waals surface area contributed by atoms with E-state index < -0.39 is 0 Å². The van der Waals surface area contributed by atoms with Gasteiger partial charge in [-0.2, -0.15) is 0 Å². The smallest absolute Gasteiger partial charge is 0.409 e. The van der Waals surface area contributed by atoms with E-state index in [0.29, 0.717) is 32.2 Å². The first kappa shape index (κ1) is 28.8. The molecular weight excluding hydrogens is 537 g/mol. The largest absolute Gasteiger partial charge is 0.496 e. The third-order valence-electron chi connectivity index (χ3n) is 5.41. The average Bonchev–Trinajstić information content (AvgIpc) is 2.78. The summed E-state index contributed by atoms with van der Waals surface area (Å²) in [6.45, 7) is 6.20. The van der Waals surface area contributed by atoms with Gasteiger partial charge in [0.25, 0.3) is 0 Å². The minimum Gasteiger partial charge on any atom is -0.496 e. The summed E-state index contributed by atoms with van der Waals surface area (Å²) in [5.74, 6) is 1.42. The van der Waals surface area contributed by atoms with E-state index in [0.717, 1.165) is 36.1 Å². The highest BCUT2D eigenvalue weighted by molar-refractivity contribution is 14.0. The number of benzene rings is 1. The highest BCUT2D eigenvalue weighted by atomic mass is 127. The molecule has 2 rings (SSSR count). The first-order chi connectivity index (χ1) is 15.3. The van der Waals surface area contributed by atoms with Gasteiger partial charge in [-0.3, -0.25) is 4.79 Å². The third kappa shape index (κ3) is 9.65. The molecule has 1 saturated heterocycles. The average molecular weight is 575 g/mol. The molecule has 0 aliphatic carbocycles. The number of ether oxygens (including phenoxy) is 2. The molecule has 1 aromatic carbocycles. The normalized spacial score (nSPS) is 14.2. The Hall–Kier alpha value is -2.24. The second-order valence-electron chi connectivity index (χ2n) is 8.04. The summed E-state index contributed by atoms with van der Waals surface area (Å²) in [6, 6.07) is 6.35. The number of aliphatic imine (C=N–C) groups is 1. The van der Waals surface area contributed by atoms with Gasteiger partial charge in [-0.1, -0.05) is 12.1 Å². The first-order valence-electron chi connectivity index (χ1n) is 11.1. The molecule has 0 spiro atoms. The fraction of sp³-hybridized carbons (Fsp3) is 0.609. The second-order valence-corrected chi connectivity index (χ2v) is 8.04. The zero-order chi connectivity index (χ0) is 23.5. The van der Waals surface area contributed by atoms with Crippen molar-refractivity contribution in [3.8, 4) is 5.75 Å². The number of hydrogen-bond acceptors (Lipinski definition) is 5. The molecule has 33 heavy (non-hydrogen) atoms. The fourth-order valence-corrected chi connectivity index (χ4v) is 3.40. The van der Waals surface area contributed by atoms with Crippen molar-refractivity contribution in [2.75, 3.05) is 54.0 Å². The Labute approximate surface area is 214 Å². The maximum atomic E-state index is 12.0. The molecule has 10 heteroatoms. The van der Waals surface area contributed by atoms with Gasteiger partial charge < -0.3 is 29.9 Å². The number of amides is 2. The van der Waals surface area contributed by atoms with Crippen LogP contribution < -0.4 is 15.4 Å². The van der Waals surface area contributed by atoms with E-state index in [4.69, 9.17) is 9.47 Å². The molecular formula is C23H38IN5O4. The molecule has 0 unspecified atom stereocenters. The van der Waals surface area contributed by atoms with Crippen molar-refractivity contribution in [3.63, 3.8) is 0 Å². The van der Waals surface area contributed by atoms with Crippen LogP contribution in [0.4, 0.5) is 4.79 Å². The van der Waals surface area contributed by atoms with Crippen molar-refractivity contribution >= 4 is 41.9 Å². The zero-order valence-electron chi connectivity index (χ0n) is 20.3. The lowest BCUT2D eigenvalue weighted by Crippen LogP contribution is -2.50. The van der Waals surface area contributed by atoms with E-state index in [1.54, 1.807) is 26.1 Å². The summed E-state index contributed by atoms with van der Waals surface area (Å²) >= 11 is 0. The highest BCUT2D eigenvalue weighted by Crippen LogP contribution is 2.19. The lowest BCUT2D eigenvalue weighted by molar-refractivity contribution is -0.127. The molecule has 1 heterocycles. The fourth-order valence-electron chi connectivity index (χ4n) is 3.40. The van der Waals surface area contributed by atoms with Crippen LogP contribution in [0.3, 0.4) is 0 Å². The quantitative estimate of drug-likeness (QED) is 0.281. The van der Waals surface area contributed by atoms with E-state index in [1.165, 1.54) is 4.90 Å². The number of carbonyl (C=O) groups is 2. The number of guanidine groups is 1. The third-order valence-corrected chi connectivity index (χ3v) is 5.41. The topological polar surface area (TPSA) is 95.5 Å². The summed E-state index contributed by atoms with van der Waals surface area (Å²) in [6.07, 6.45) is 2.11. The lowest BCUT2D eigenvalue weighted by Gasteiger charge is -2.32. The Kier molecular flexibility index (Phi) is 12.9. The van der Waals surface area contributed by atoms with Crippen molar-refractivity contribution in [2.45, 2.75) is 39.2 Å². The van der Waals surface area contributed by atoms with Crippen LogP contribution in [0.2, 0.25) is 0 Å². The Morgan fingerprint density at radius 3 is 2.55 bits per heavy atom. The maximum Gasteiger partial charge on any atom is 0.409 e. The maximum absolute atomic E-state index is 12.0. The number of aryl methyl sites for hydroxylation is 1. The molecule has 0 radical (unpaired) electrons. The number of piperidine rings is 1. The van der Waals surface area contributed by atoms with Crippen LogP contribution in [0.25, 0.3) is 0 Å². The summed E-state index contributed by atoms with van der Waals surface area (Å²) in [7, 11) is 5.11. The Morgan fingerprint density at radius 1 is 1.24 bits per heavy atom. The van der Waals surface area contributed by atoms with Crippen molar-refractivity contribution in [1.29, 1.82) is 0 Å². The molecule has 1 aliphatic rings. The SMILES string of the molecule is CCOC(=O)N1CCC(NC(=NCC(=O)N(C)C)NCCc2ccc(C)c(OC)c2)CC1.I. The number of rotatable bonds is 8. The van der Waals surface area contributed by atoms with Gasteiger partial charge in [0.05, 0.1) is 13.7 Å². The van der Waals surface area contributed by atoms with Crippen LogP contribution in [-0.4, -0.2) is 87.8 Å². The standard InChI is InChI=1S/C23H37N5O4.HI/c1-6-32-23(30)28-13-10-19(11-14-28)26-22(25-16-21(29)27(3)4)24-12-9-18-8-7-17(2)20(15-18)31-5;/h7-8,15,19H,6,9-14,16H2,1-5H3,(H2,24,25,26);1H. The zero-order valence-corrected chi connectivity index (χ0v) is 22.7. The number of carbonyl (C=O) groups excluding carboxylic acids is 2. The summed E-state index contributed by atoms with van der Waals surface area (Å²) in [4.78, 5) is 31.6. The molecule has 0 atom stereocenters. The van der Waals surface area contributed by atoms with Crippen LogP contribution in [0.15, 0.2) is 23.2 Å². The molecule has 9 nitrogen and oxygen atoms in total. The molecule has 2 N–H and O–H groups in total. The lowest BCUT2D eigenvalue weighted by atomic mass is 10.1. The van der Waals surface area contributed by atoms with Gasteiger partial charge in [-0.05, 0) is 50.3 Å². The molecule has 1 fully saturated rings. The van der Waals surface area contributed by atoms with E-state index in [9.17, 15) is 9.59 Å². The van der Waals surface area contributed by atoms with Crippen LogP contribution in [0, 0.1) is 6.92 Å². The van der Waals surface area contributed by atoms with Crippen molar-refractivity contribution in [1.82, 2.24) is 20.4 Å². The van der Waals surface area contributed by atoms with Gasteiger partial charge in [0.2, 0.25) is 5.91 Å². The number of likely N-dealkylation sites (N-methyl/N-ethyl adjacent to an activating group) is 1.